The summed E-state index contributed by atoms with van der Waals surface area (Å²) in [6, 6.07) is 10.6. The maximum Gasteiger partial charge on any atom is 0.295 e. The quantitative estimate of drug-likeness (QED) is 0.330. The highest BCUT2D eigenvalue weighted by Gasteiger charge is 2.46. The van der Waals surface area contributed by atoms with E-state index in [2.05, 4.69) is 0 Å². The molecule has 2 aromatic carbocycles. The van der Waals surface area contributed by atoms with Crippen molar-refractivity contribution in [1.29, 1.82) is 0 Å². The molecule has 0 saturated carbocycles. The minimum atomic E-state index is -0.827. The number of benzene rings is 2. The van der Waals surface area contributed by atoms with E-state index in [0.29, 0.717) is 35.9 Å². The molecule has 2 N–H and O–H groups in total. The topological polar surface area (TPSA) is 99.5 Å². The Labute approximate surface area is 200 Å². The number of aromatic hydroxyl groups is 1. The minimum absolute atomic E-state index is 0.00709. The summed E-state index contributed by atoms with van der Waals surface area (Å²) >= 11 is 0. The number of amides is 1. The summed E-state index contributed by atoms with van der Waals surface area (Å²) in [5.74, 6) is -0.537. The van der Waals surface area contributed by atoms with Crippen LogP contribution in [0.25, 0.3) is 5.76 Å². The van der Waals surface area contributed by atoms with Crippen LogP contribution in [0.3, 0.4) is 0 Å². The number of carbonyl (C=O) groups is 2. The molecule has 1 amide bonds. The van der Waals surface area contributed by atoms with E-state index < -0.39 is 17.7 Å². The van der Waals surface area contributed by atoms with Crippen molar-refractivity contribution in [2.45, 2.75) is 19.9 Å². The fourth-order valence-electron chi connectivity index (χ4n) is 3.76. The number of aliphatic hydroxyl groups excluding tert-OH is 1. The number of methoxy groups -OCH3 is 1. The lowest BCUT2D eigenvalue weighted by molar-refractivity contribution is -0.140. The van der Waals surface area contributed by atoms with Crippen LogP contribution in [0.2, 0.25) is 0 Å². The molecule has 1 heterocycles. The summed E-state index contributed by atoms with van der Waals surface area (Å²) in [6.07, 6.45) is 0. The van der Waals surface area contributed by atoms with Crippen LogP contribution >= 0.6 is 0 Å². The lowest BCUT2D eigenvalue weighted by atomic mass is 9.95. The van der Waals surface area contributed by atoms with Gasteiger partial charge in [0, 0.05) is 18.7 Å². The molecule has 3 rings (SSSR count). The van der Waals surface area contributed by atoms with Gasteiger partial charge in [-0.25, -0.2) is 0 Å². The van der Waals surface area contributed by atoms with Crippen LogP contribution in [0.5, 0.6) is 17.2 Å². The van der Waals surface area contributed by atoms with Gasteiger partial charge in [0.2, 0.25) is 0 Å². The first-order chi connectivity index (χ1) is 16.1. The number of hydrogen-bond acceptors (Lipinski definition) is 7. The van der Waals surface area contributed by atoms with Crippen LogP contribution < -0.4 is 9.47 Å². The highest BCUT2D eigenvalue weighted by atomic mass is 16.5. The van der Waals surface area contributed by atoms with Gasteiger partial charge in [0.05, 0.1) is 25.3 Å². The second-order valence-corrected chi connectivity index (χ2v) is 8.96. The number of nitrogens with zero attached hydrogens (tertiary/aromatic N) is 2. The molecule has 0 radical (unpaired) electrons. The van der Waals surface area contributed by atoms with E-state index in [1.165, 1.54) is 18.1 Å². The van der Waals surface area contributed by atoms with E-state index in [1.807, 2.05) is 32.8 Å². The van der Waals surface area contributed by atoms with Crippen molar-refractivity contribution < 1.29 is 29.3 Å². The van der Waals surface area contributed by atoms with Crippen molar-refractivity contribution >= 4 is 17.4 Å². The Morgan fingerprint density at radius 1 is 1.12 bits per heavy atom. The lowest BCUT2D eigenvalue weighted by Gasteiger charge is -2.27. The first-order valence-corrected chi connectivity index (χ1v) is 11.2. The van der Waals surface area contributed by atoms with Crippen molar-refractivity contribution in [1.82, 2.24) is 9.80 Å². The number of phenols is 1. The Morgan fingerprint density at radius 2 is 1.79 bits per heavy atom. The Kier molecular flexibility index (Phi) is 7.83. The Morgan fingerprint density at radius 3 is 2.38 bits per heavy atom. The lowest BCUT2D eigenvalue weighted by Crippen LogP contribution is -2.35. The molecule has 0 unspecified atom stereocenters. The standard InChI is InChI=1S/C26H32N2O6/c1-16(2)15-34-19-9-6-17(7-10-19)24(30)22-23(18-8-11-20(29)21(14-18)33-5)28(13-12-27(3)4)26(32)25(22)31/h6-11,14,16,23,29-30H,12-13,15H2,1-5H3/t23-/m1/s1. The van der Waals surface area contributed by atoms with Crippen molar-refractivity contribution in [2.24, 2.45) is 5.92 Å². The molecule has 1 fully saturated rings. The molecule has 0 aromatic heterocycles. The SMILES string of the molecule is COc1cc([C@@H]2C(=C(O)c3ccc(OCC(C)C)cc3)C(=O)C(=O)N2CCN(C)C)ccc1O. The van der Waals surface area contributed by atoms with Gasteiger partial charge in [-0.1, -0.05) is 19.9 Å². The predicted octanol–water partition coefficient (Wildman–Crippen LogP) is 3.42. The summed E-state index contributed by atoms with van der Waals surface area (Å²) in [5.41, 5.74) is 0.941. The first-order valence-electron chi connectivity index (χ1n) is 11.2. The molecule has 0 bridgehead atoms. The van der Waals surface area contributed by atoms with Crippen LogP contribution in [0.4, 0.5) is 0 Å². The monoisotopic (exact) mass is 468 g/mol. The summed E-state index contributed by atoms with van der Waals surface area (Å²) < 4.78 is 10.9. The number of ketones is 1. The number of hydrogen-bond donors (Lipinski definition) is 2. The fourth-order valence-corrected chi connectivity index (χ4v) is 3.76. The van der Waals surface area contributed by atoms with Crippen molar-refractivity contribution in [3.8, 4) is 17.2 Å². The van der Waals surface area contributed by atoms with Gasteiger partial charge in [0.1, 0.15) is 11.5 Å². The molecule has 0 aliphatic carbocycles. The van der Waals surface area contributed by atoms with Crippen molar-refractivity contribution in [2.75, 3.05) is 40.9 Å². The van der Waals surface area contributed by atoms with Gasteiger partial charge in [-0.2, -0.15) is 0 Å². The zero-order valence-electron chi connectivity index (χ0n) is 20.2. The Bertz CT molecular complexity index is 1080. The van der Waals surface area contributed by atoms with E-state index in [9.17, 15) is 19.8 Å². The molecule has 2 aromatic rings. The van der Waals surface area contributed by atoms with Gasteiger partial charge >= 0.3 is 0 Å². The van der Waals surface area contributed by atoms with E-state index in [0.717, 1.165) is 0 Å². The Hall–Kier alpha value is -3.52. The van der Waals surface area contributed by atoms with Gasteiger partial charge in [-0.05, 0) is 62.0 Å². The number of rotatable bonds is 9. The highest BCUT2D eigenvalue weighted by Crippen LogP contribution is 2.41. The molecule has 182 valence electrons. The van der Waals surface area contributed by atoms with Crippen molar-refractivity contribution in [3.05, 3.63) is 59.2 Å². The fraction of sp³-hybridized carbons (Fsp3) is 0.385. The zero-order valence-corrected chi connectivity index (χ0v) is 20.2. The molecule has 8 heteroatoms. The van der Waals surface area contributed by atoms with Crippen molar-refractivity contribution in [3.63, 3.8) is 0 Å². The molecule has 34 heavy (non-hydrogen) atoms. The second-order valence-electron chi connectivity index (χ2n) is 8.96. The molecular formula is C26H32N2O6. The minimum Gasteiger partial charge on any atom is -0.507 e. The second kappa shape index (κ2) is 10.6. The molecule has 1 atom stereocenters. The van der Waals surface area contributed by atoms with Gasteiger partial charge in [0.15, 0.2) is 11.5 Å². The Balaban J connectivity index is 2.07. The normalized spacial score (nSPS) is 17.6. The molecule has 0 spiro atoms. The maximum absolute atomic E-state index is 13.1. The number of ether oxygens (including phenoxy) is 2. The largest absolute Gasteiger partial charge is 0.507 e. The van der Waals surface area contributed by atoms with Gasteiger partial charge in [0.25, 0.3) is 11.7 Å². The van der Waals surface area contributed by atoms with Crippen LogP contribution in [0, 0.1) is 5.92 Å². The summed E-state index contributed by atoms with van der Waals surface area (Å²) in [7, 11) is 5.17. The molecule has 8 nitrogen and oxygen atoms in total. The third-order valence-corrected chi connectivity index (χ3v) is 5.56. The highest BCUT2D eigenvalue weighted by molar-refractivity contribution is 6.46. The predicted molar refractivity (Wildman–Crippen MR) is 129 cm³/mol. The average molecular weight is 469 g/mol. The smallest absolute Gasteiger partial charge is 0.295 e. The van der Waals surface area contributed by atoms with E-state index in [4.69, 9.17) is 9.47 Å². The number of likely N-dealkylation sites (tertiary alicyclic amines) is 1. The average Bonchev–Trinajstić information content (AvgIpc) is 3.06. The van der Waals surface area contributed by atoms with Gasteiger partial charge in [-0.15, -0.1) is 0 Å². The summed E-state index contributed by atoms with van der Waals surface area (Å²) in [4.78, 5) is 29.4. The third-order valence-electron chi connectivity index (χ3n) is 5.56. The maximum atomic E-state index is 13.1. The molecule has 1 saturated heterocycles. The van der Waals surface area contributed by atoms with Crippen LogP contribution in [0.15, 0.2) is 48.0 Å². The number of phenolic OH excluding ortho intramolecular Hbond substituents is 1. The first kappa shape index (κ1) is 25.1. The van der Waals surface area contributed by atoms with E-state index in [-0.39, 0.29) is 29.4 Å². The van der Waals surface area contributed by atoms with Gasteiger partial charge < -0.3 is 29.5 Å². The van der Waals surface area contributed by atoms with Crippen LogP contribution in [-0.4, -0.2) is 72.6 Å². The van der Waals surface area contributed by atoms with Gasteiger partial charge in [-0.3, -0.25) is 9.59 Å². The molecule has 1 aliphatic rings. The van der Waals surface area contributed by atoms with Crippen LogP contribution in [0.1, 0.15) is 31.0 Å². The van der Waals surface area contributed by atoms with Crippen LogP contribution in [-0.2, 0) is 9.59 Å². The number of aliphatic hydroxyl groups is 1. The van der Waals surface area contributed by atoms with E-state index >= 15 is 0 Å². The third kappa shape index (κ3) is 5.34. The number of carbonyl (C=O) groups excluding carboxylic acids is 2. The molecule has 1 aliphatic heterocycles. The zero-order chi connectivity index (χ0) is 25.0. The summed E-state index contributed by atoms with van der Waals surface area (Å²) in [5, 5.41) is 21.2. The van der Waals surface area contributed by atoms with E-state index in [1.54, 1.807) is 36.4 Å². The number of Topliss-reactive ketones (excluding diaryl/α,β-unsaturated/α-hetero) is 1. The summed E-state index contributed by atoms with van der Waals surface area (Å²) in [6.45, 7) is 5.47. The molecular weight excluding hydrogens is 436 g/mol. The number of likely N-dealkylation sites (N-methyl/N-ethyl adjacent to an activating group) is 1.